The molecule has 1 spiro atoms. The lowest BCUT2D eigenvalue weighted by Crippen LogP contribution is -2.50. The largest absolute Gasteiger partial charge is 0.508 e. The van der Waals surface area contributed by atoms with E-state index in [1.54, 1.807) is 0 Å². The van der Waals surface area contributed by atoms with Crippen LogP contribution < -0.4 is 14.2 Å². The Morgan fingerprint density at radius 2 is 1.83 bits per heavy atom. The molecule has 23 heavy (non-hydrogen) atoms. The average molecular weight is 337 g/mol. The third-order valence-corrected chi connectivity index (χ3v) is 4.30. The number of carbonyl (C=O) groups excluding carboxylic acids is 2. The molecule has 0 saturated heterocycles. The third-order valence-electron chi connectivity index (χ3n) is 3.94. The van der Waals surface area contributed by atoms with Crippen LogP contribution in [0.15, 0.2) is 29.6 Å². The Balaban J connectivity index is 2.26. The maximum atomic E-state index is 13.0. The van der Waals surface area contributed by atoms with Crippen molar-refractivity contribution in [2.75, 3.05) is 14.2 Å². The summed E-state index contributed by atoms with van der Waals surface area (Å²) in [4.78, 5) is 25.4. The number of carbonyl (C=O) groups is 2. The number of hydrogen-bond acceptors (Lipinski definition) is 6. The highest BCUT2D eigenvalue weighted by molar-refractivity contribution is 6.36. The molecule has 0 saturated carbocycles. The van der Waals surface area contributed by atoms with Crippen molar-refractivity contribution in [3.05, 3.63) is 40.1 Å². The Labute approximate surface area is 136 Å². The number of aliphatic hydroxyl groups excluding tert-OH is 1. The molecule has 2 aliphatic rings. The van der Waals surface area contributed by atoms with E-state index in [-0.39, 0.29) is 39.2 Å². The molecule has 0 fully saturated rings. The van der Waals surface area contributed by atoms with Crippen molar-refractivity contribution >= 4 is 23.2 Å². The molecule has 1 aliphatic heterocycles. The summed E-state index contributed by atoms with van der Waals surface area (Å²) in [5.41, 5.74) is -1.52. The van der Waals surface area contributed by atoms with Gasteiger partial charge in [0.2, 0.25) is 11.6 Å². The smallest absolute Gasteiger partial charge is 0.254 e. The number of aliphatic hydroxyl groups is 1. The molecule has 6 nitrogen and oxygen atoms in total. The van der Waals surface area contributed by atoms with Crippen LogP contribution in [0.25, 0.3) is 0 Å². The molecular weight excluding hydrogens is 324 g/mol. The first kappa shape index (κ1) is 15.4. The summed E-state index contributed by atoms with van der Waals surface area (Å²) in [6.07, 6.45) is 2.26. The van der Waals surface area contributed by atoms with Gasteiger partial charge in [-0.25, -0.2) is 0 Å². The fourth-order valence-corrected chi connectivity index (χ4v) is 3.07. The molecule has 0 amide bonds. The van der Waals surface area contributed by atoms with Crippen LogP contribution in [0.5, 0.6) is 17.2 Å². The van der Waals surface area contributed by atoms with Gasteiger partial charge in [0, 0.05) is 12.1 Å². The second kappa shape index (κ2) is 5.03. The molecule has 0 unspecified atom stereocenters. The van der Waals surface area contributed by atoms with E-state index in [2.05, 4.69) is 0 Å². The van der Waals surface area contributed by atoms with Crippen LogP contribution in [0, 0.1) is 0 Å². The van der Waals surface area contributed by atoms with Gasteiger partial charge in [0.25, 0.3) is 5.60 Å². The number of allylic oxidation sites excluding steroid dienone is 1. The molecule has 120 valence electrons. The molecule has 0 bridgehead atoms. The highest BCUT2D eigenvalue weighted by Gasteiger charge is 2.58. The lowest BCUT2D eigenvalue weighted by atomic mass is 9.81. The lowest BCUT2D eigenvalue weighted by Gasteiger charge is -2.27. The van der Waals surface area contributed by atoms with Crippen LogP contribution >= 0.6 is 11.6 Å². The monoisotopic (exact) mass is 336 g/mol. The summed E-state index contributed by atoms with van der Waals surface area (Å²) in [7, 11) is 2.80. The van der Waals surface area contributed by atoms with Crippen LogP contribution in [0.1, 0.15) is 17.3 Å². The minimum absolute atomic E-state index is 0.0313. The maximum absolute atomic E-state index is 13.0. The van der Waals surface area contributed by atoms with Crippen LogP contribution in [0.2, 0.25) is 5.02 Å². The third kappa shape index (κ3) is 1.88. The van der Waals surface area contributed by atoms with E-state index in [0.29, 0.717) is 0 Å². The zero-order valence-electron chi connectivity index (χ0n) is 12.6. The van der Waals surface area contributed by atoms with Crippen molar-refractivity contribution in [3.8, 4) is 17.2 Å². The number of ether oxygens (including phenoxy) is 3. The van der Waals surface area contributed by atoms with Gasteiger partial charge in [0.1, 0.15) is 27.8 Å². The number of hydrogen-bond donors (Lipinski definition) is 1. The Morgan fingerprint density at radius 3 is 2.39 bits per heavy atom. The Morgan fingerprint density at radius 1 is 1.17 bits per heavy atom. The lowest BCUT2D eigenvalue weighted by molar-refractivity contribution is -0.123. The van der Waals surface area contributed by atoms with E-state index in [1.165, 1.54) is 33.3 Å². The van der Waals surface area contributed by atoms with Gasteiger partial charge in [-0.15, -0.1) is 0 Å². The van der Waals surface area contributed by atoms with Gasteiger partial charge >= 0.3 is 0 Å². The number of Topliss-reactive ketones (excluding diaryl/α,β-unsaturated/α-hetero) is 1. The Bertz CT molecular complexity index is 807. The Kier molecular flexibility index (Phi) is 3.37. The normalized spacial score (nSPS) is 22.4. The van der Waals surface area contributed by atoms with Crippen LogP contribution in [0.3, 0.4) is 0 Å². The zero-order valence-corrected chi connectivity index (χ0v) is 13.4. The standard InChI is InChI=1S/C16H13ClO6/c1-7-4-8(18)5-11(19)16(7)15(20)12-9(21-2)6-10(22-3)13(17)14(12)23-16/h4-6,18H,1-3H3/t16-/m1/s1. The quantitative estimate of drug-likeness (QED) is 0.836. The van der Waals surface area contributed by atoms with E-state index < -0.39 is 17.2 Å². The fraction of sp³-hybridized carbons (Fsp3) is 0.250. The SMILES string of the molecule is COc1cc(OC)c2c(c1Cl)O[C@]1(C(=O)C=C(O)C=C1C)C2=O. The summed E-state index contributed by atoms with van der Waals surface area (Å²) < 4.78 is 16.1. The van der Waals surface area contributed by atoms with Crippen molar-refractivity contribution in [2.24, 2.45) is 0 Å². The minimum atomic E-state index is -1.86. The summed E-state index contributed by atoms with van der Waals surface area (Å²) in [5.74, 6) is -1.01. The predicted molar refractivity (Wildman–Crippen MR) is 81.7 cm³/mol. The van der Waals surface area contributed by atoms with Crippen LogP contribution in [-0.2, 0) is 4.79 Å². The molecular formula is C16H13ClO6. The molecule has 1 N–H and O–H groups in total. The minimum Gasteiger partial charge on any atom is -0.508 e. The van der Waals surface area contributed by atoms with E-state index in [9.17, 15) is 14.7 Å². The average Bonchev–Trinajstić information content (AvgIpc) is 2.82. The number of fused-ring (bicyclic) bond motifs is 1. The molecule has 1 heterocycles. The highest BCUT2D eigenvalue weighted by Crippen LogP contribution is 2.52. The second-order valence-electron chi connectivity index (χ2n) is 5.17. The molecule has 0 radical (unpaired) electrons. The highest BCUT2D eigenvalue weighted by atomic mass is 35.5. The van der Waals surface area contributed by atoms with Crippen molar-refractivity contribution in [1.29, 1.82) is 0 Å². The summed E-state index contributed by atoms with van der Waals surface area (Å²) in [5, 5.41) is 9.64. The number of benzene rings is 1. The number of halogens is 1. The number of rotatable bonds is 2. The van der Waals surface area contributed by atoms with Crippen molar-refractivity contribution < 1.29 is 28.9 Å². The summed E-state index contributed by atoms with van der Waals surface area (Å²) in [6.45, 7) is 1.53. The van der Waals surface area contributed by atoms with Gasteiger partial charge in [-0.05, 0) is 18.6 Å². The number of ketones is 2. The molecule has 3 rings (SSSR count). The Hall–Kier alpha value is -2.47. The van der Waals surface area contributed by atoms with Crippen molar-refractivity contribution in [2.45, 2.75) is 12.5 Å². The zero-order chi connectivity index (χ0) is 16.9. The number of methoxy groups -OCH3 is 2. The first-order valence-corrected chi connectivity index (χ1v) is 7.06. The van der Waals surface area contributed by atoms with Crippen molar-refractivity contribution in [3.63, 3.8) is 0 Å². The van der Waals surface area contributed by atoms with Gasteiger partial charge in [0.05, 0.1) is 14.2 Å². The van der Waals surface area contributed by atoms with Crippen LogP contribution in [0.4, 0.5) is 0 Å². The van der Waals surface area contributed by atoms with E-state index in [0.717, 1.165) is 6.08 Å². The van der Waals surface area contributed by atoms with E-state index >= 15 is 0 Å². The fourth-order valence-electron chi connectivity index (χ4n) is 2.80. The van der Waals surface area contributed by atoms with Gasteiger partial charge in [-0.3, -0.25) is 9.59 Å². The first-order valence-electron chi connectivity index (χ1n) is 6.69. The van der Waals surface area contributed by atoms with Gasteiger partial charge in [-0.1, -0.05) is 11.6 Å². The predicted octanol–water partition coefficient (Wildman–Crippen LogP) is 2.64. The molecule has 0 aromatic heterocycles. The topological polar surface area (TPSA) is 82.1 Å². The molecule has 1 aliphatic carbocycles. The van der Waals surface area contributed by atoms with Crippen molar-refractivity contribution in [1.82, 2.24) is 0 Å². The summed E-state index contributed by atoms with van der Waals surface area (Å²) >= 11 is 6.22. The molecule has 1 aromatic carbocycles. The second-order valence-corrected chi connectivity index (χ2v) is 5.55. The van der Waals surface area contributed by atoms with Crippen LogP contribution in [-0.4, -0.2) is 36.5 Å². The van der Waals surface area contributed by atoms with Gasteiger partial charge < -0.3 is 19.3 Å². The molecule has 7 heteroatoms. The molecule has 1 aromatic rings. The van der Waals surface area contributed by atoms with Gasteiger partial charge in [-0.2, -0.15) is 0 Å². The van der Waals surface area contributed by atoms with Gasteiger partial charge in [0.15, 0.2) is 5.75 Å². The van der Waals surface area contributed by atoms with E-state index in [1.807, 2.05) is 0 Å². The molecule has 1 atom stereocenters. The summed E-state index contributed by atoms with van der Waals surface area (Å²) in [6, 6.07) is 1.46. The maximum Gasteiger partial charge on any atom is 0.254 e. The first-order chi connectivity index (χ1) is 10.9. The van der Waals surface area contributed by atoms with E-state index in [4.69, 9.17) is 25.8 Å².